The summed E-state index contributed by atoms with van der Waals surface area (Å²) >= 11 is 0. The van der Waals surface area contributed by atoms with Gasteiger partial charge in [-0.2, -0.15) is 0 Å². The number of nitrogens with one attached hydrogen (secondary N) is 1. The van der Waals surface area contributed by atoms with Crippen LogP contribution in [0.15, 0.2) is 0 Å². The molecule has 2 N–H and O–H groups in total. The van der Waals surface area contributed by atoms with Crippen LogP contribution in [0.4, 0.5) is 0 Å². The maximum atomic E-state index is 8.99. The lowest BCUT2D eigenvalue weighted by Crippen LogP contribution is -2.40. The van der Waals surface area contributed by atoms with Gasteiger partial charge in [-0.3, -0.25) is 0 Å². The van der Waals surface area contributed by atoms with Gasteiger partial charge in [-0.25, -0.2) is 0 Å². The van der Waals surface area contributed by atoms with Crippen molar-refractivity contribution >= 4 is 0 Å². The van der Waals surface area contributed by atoms with Gasteiger partial charge >= 0.3 is 0 Å². The molecule has 1 atom stereocenters. The van der Waals surface area contributed by atoms with E-state index < -0.39 is 0 Å². The Morgan fingerprint density at radius 2 is 1.36 bits per heavy atom. The van der Waals surface area contributed by atoms with E-state index in [0.717, 1.165) is 11.8 Å². The topological polar surface area (TPSA) is 32.3 Å². The summed E-state index contributed by atoms with van der Waals surface area (Å²) in [6, 6.07) is 0.773. The van der Waals surface area contributed by atoms with Gasteiger partial charge in [0.15, 0.2) is 0 Å². The van der Waals surface area contributed by atoms with Crippen LogP contribution in [-0.4, -0.2) is 23.8 Å². The molecule has 86 valence electrons. The lowest BCUT2D eigenvalue weighted by molar-refractivity contribution is 0.226. The lowest BCUT2D eigenvalue weighted by atomic mass is 9.95. The molecule has 0 amide bonds. The molecule has 0 fully saturated rings. The Kier molecular flexibility index (Phi) is 7.20. The summed E-state index contributed by atoms with van der Waals surface area (Å²) in [5.74, 6) is 1.44. The summed E-state index contributed by atoms with van der Waals surface area (Å²) in [4.78, 5) is 0. The molecule has 0 saturated heterocycles. The van der Waals surface area contributed by atoms with Crippen LogP contribution < -0.4 is 5.32 Å². The summed E-state index contributed by atoms with van der Waals surface area (Å²) in [5, 5.41) is 12.5. The van der Waals surface area contributed by atoms with Crippen molar-refractivity contribution in [1.29, 1.82) is 0 Å². The molecule has 0 radical (unpaired) electrons. The predicted molar refractivity (Wildman–Crippen MR) is 62.4 cm³/mol. The predicted octanol–water partition coefficient (Wildman–Crippen LogP) is 2.42. The van der Waals surface area contributed by atoms with Crippen molar-refractivity contribution in [2.45, 2.75) is 59.5 Å². The smallest absolute Gasteiger partial charge is 0.0582 e. The van der Waals surface area contributed by atoms with E-state index in [-0.39, 0.29) is 12.6 Å². The molecule has 0 heterocycles. The van der Waals surface area contributed by atoms with E-state index in [1.54, 1.807) is 0 Å². The van der Waals surface area contributed by atoms with Crippen molar-refractivity contribution in [3.05, 3.63) is 0 Å². The normalized spacial score (nSPS) is 14.4. The lowest BCUT2D eigenvalue weighted by Gasteiger charge is -2.25. The zero-order valence-corrected chi connectivity index (χ0v) is 10.4. The van der Waals surface area contributed by atoms with E-state index in [9.17, 15) is 0 Å². The standard InChI is InChI=1S/C12H27NO/c1-9(2)6-12(7-10(3)4)13-11(5)8-14/h9-14H,6-8H2,1-5H3. The third-order valence-corrected chi connectivity index (χ3v) is 2.31. The van der Waals surface area contributed by atoms with E-state index in [1.165, 1.54) is 12.8 Å². The summed E-state index contributed by atoms with van der Waals surface area (Å²) in [5.41, 5.74) is 0. The minimum absolute atomic E-state index is 0.220. The molecule has 0 aliphatic rings. The Hall–Kier alpha value is -0.0800. The first-order valence-electron chi connectivity index (χ1n) is 5.82. The van der Waals surface area contributed by atoms with Crippen LogP contribution in [-0.2, 0) is 0 Å². The first-order valence-corrected chi connectivity index (χ1v) is 5.82. The molecule has 0 rings (SSSR count). The summed E-state index contributed by atoms with van der Waals surface area (Å²) in [7, 11) is 0. The van der Waals surface area contributed by atoms with E-state index in [2.05, 4.69) is 33.0 Å². The van der Waals surface area contributed by atoms with Crippen LogP contribution >= 0.6 is 0 Å². The van der Waals surface area contributed by atoms with Gasteiger partial charge in [0.2, 0.25) is 0 Å². The van der Waals surface area contributed by atoms with E-state index >= 15 is 0 Å². The van der Waals surface area contributed by atoms with Gasteiger partial charge in [0.1, 0.15) is 0 Å². The van der Waals surface area contributed by atoms with Crippen molar-refractivity contribution in [1.82, 2.24) is 5.32 Å². The molecule has 0 aliphatic heterocycles. The molecule has 1 unspecified atom stereocenters. The fourth-order valence-electron chi connectivity index (χ4n) is 1.83. The Labute approximate surface area is 89.1 Å². The van der Waals surface area contributed by atoms with Crippen LogP contribution in [0.1, 0.15) is 47.5 Å². The zero-order chi connectivity index (χ0) is 11.1. The van der Waals surface area contributed by atoms with Gasteiger partial charge in [0.25, 0.3) is 0 Å². The molecule has 0 aromatic heterocycles. The maximum Gasteiger partial charge on any atom is 0.0582 e. The number of aliphatic hydroxyl groups is 1. The fraction of sp³-hybridized carbons (Fsp3) is 1.00. The van der Waals surface area contributed by atoms with Crippen molar-refractivity contribution in [2.75, 3.05) is 6.61 Å². The largest absolute Gasteiger partial charge is 0.395 e. The average Bonchev–Trinajstić information content (AvgIpc) is 2.01. The highest BCUT2D eigenvalue weighted by molar-refractivity contribution is 4.73. The second-order valence-corrected chi connectivity index (χ2v) is 5.21. The van der Waals surface area contributed by atoms with Gasteiger partial charge in [0, 0.05) is 12.1 Å². The summed E-state index contributed by atoms with van der Waals surface area (Å²) in [6.07, 6.45) is 2.39. The van der Waals surface area contributed by atoms with Crippen molar-refractivity contribution in [3.8, 4) is 0 Å². The average molecular weight is 201 g/mol. The number of aliphatic hydroxyl groups excluding tert-OH is 1. The van der Waals surface area contributed by atoms with Gasteiger partial charge in [0.05, 0.1) is 6.61 Å². The van der Waals surface area contributed by atoms with Crippen molar-refractivity contribution < 1.29 is 5.11 Å². The second-order valence-electron chi connectivity index (χ2n) is 5.21. The van der Waals surface area contributed by atoms with Gasteiger partial charge < -0.3 is 10.4 Å². The van der Waals surface area contributed by atoms with Gasteiger partial charge in [-0.15, -0.1) is 0 Å². The van der Waals surface area contributed by atoms with E-state index in [4.69, 9.17) is 5.11 Å². The van der Waals surface area contributed by atoms with Gasteiger partial charge in [-0.1, -0.05) is 27.7 Å². The molecule has 0 bridgehead atoms. The maximum absolute atomic E-state index is 8.99. The first-order chi connectivity index (χ1) is 6.45. The third-order valence-electron chi connectivity index (χ3n) is 2.31. The molecule has 0 aromatic rings. The summed E-state index contributed by atoms with van der Waals surface area (Å²) in [6.45, 7) is 11.3. The molecule has 0 aromatic carbocycles. The van der Waals surface area contributed by atoms with E-state index in [0.29, 0.717) is 6.04 Å². The number of hydrogen-bond donors (Lipinski definition) is 2. The third kappa shape index (κ3) is 7.34. The highest BCUT2D eigenvalue weighted by Gasteiger charge is 2.14. The molecule has 0 saturated carbocycles. The molecule has 0 spiro atoms. The number of hydrogen-bond acceptors (Lipinski definition) is 2. The number of rotatable bonds is 7. The van der Waals surface area contributed by atoms with Crippen molar-refractivity contribution in [2.24, 2.45) is 11.8 Å². The monoisotopic (exact) mass is 201 g/mol. The van der Waals surface area contributed by atoms with Gasteiger partial charge in [-0.05, 0) is 31.6 Å². The Balaban J connectivity index is 3.96. The molecule has 2 nitrogen and oxygen atoms in total. The van der Waals surface area contributed by atoms with E-state index in [1.807, 2.05) is 6.92 Å². The molecule has 14 heavy (non-hydrogen) atoms. The quantitative estimate of drug-likeness (QED) is 0.663. The summed E-state index contributed by atoms with van der Waals surface area (Å²) < 4.78 is 0. The molecular weight excluding hydrogens is 174 g/mol. The van der Waals surface area contributed by atoms with Crippen molar-refractivity contribution in [3.63, 3.8) is 0 Å². The minimum Gasteiger partial charge on any atom is -0.395 e. The second kappa shape index (κ2) is 7.24. The van der Waals surface area contributed by atoms with Crippen LogP contribution in [0, 0.1) is 11.8 Å². The van der Waals surface area contributed by atoms with Crippen LogP contribution in [0.5, 0.6) is 0 Å². The van der Waals surface area contributed by atoms with Crippen LogP contribution in [0.25, 0.3) is 0 Å². The fourth-order valence-corrected chi connectivity index (χ4v) is 1.83. The SMILES string of the molecule is CC(C)CC(CC(C)C)NC(C)CO. The molecule has 2 heteroatoms. The Morgan fingerprint density at radius 3 is 1.64 bits per heavy atom. The minimum atomic E-state index is 0.220. The Morgan fingerprint density at radius 1 is 0.929 bits per heavy atom. The molecular formula is C12H27NO. The zero-order valence-electron chi connectivity index (χ0n) is 10.4. The highest BCUT2D eigenvalue weighted by atomic mass is 16.3. The molecule has 0 aliphatic carbocycles. The van der Waals surface area contributed by atoms with Crippen LogP contribution in [0.2, 0.25) is 0 Å². The Bertz CT molecular complexity index is 124. The van der Waals surface area contributed by atoms with Crippen LogP contribution in [0.3, 0.4) is 0 Å². The highest BCUT2D eigenvalue weighted by Crippen LogP contribution is 2.13. The first kappa shape index (κ1) is 13.9.